The quantitative estimate of drug-likeness (QED) is 0.194. The van der Waals surface area contributed by atoms with E-state index in [4.69, 9.17) is 14.6 Å². The third-order valence-electron chi connectivity index (χ3n) is 5.04. The molecule has 5 N–H and O–H groups in total. The standard InChI is InChI=1S/C18H28NO7.C5H5.Fe/c1-11(17(24)19-8-4-7-12-5-2-3-6-12)10-25-18-16(23)15(22)14(21)13(9-20)26-18;1-2-4-5-3-1;/h2-3,5-6,11,13-16,18,20-23H,4,7-10H2,1H3,(H,19,24);1-5H;/q2*-1;+2/t11-,13-,14-,15+,16+,18?;;/m1../s1. The molecule has 3 rings (SSSR count). The zero-order valence-electron chi connectivity index (χ0n) is 18.1. The Hall–Kier alpha value is -1.55. The molecule has 8 nitrogen and oxygen atoms in total. The van der Waals surface area contributed by atoms with Crippen LogP contribution in [0.4, 0.5) is 0 Å². The summed E-state index contributed by atoms with van der Waals surface area (Å²) in [6.07, 6.45) is -4.92. The topological polar surface area (TPSA) is 128 Å². The zero-order chi connectivity index (χ0) is 22.6. The van der Waals surface area contributed by atoms with Crippen LogP contribution in [0, 0.1) is 5.92 Å². The fourth-order valence-corrected chi connectivity index (χ4v) is 3.10. The summed E-state index contributed by atoms with van der Waals surface area (Å²) in [7, 11) is 0. The maximum Gasteiger partial charge on any atom is 2.00 e. The largest absolute Gasteiger partial charge is 2.00 e. The van der Waals surface area contributed by atoms with Crippen molar-refractivity contribution < 1.29 is 51.8 Å². The number of rotatable bonds is 9. The van der Waals surface area contributed by atoms with Crippen molar-refractivity contribution in [2.75, 3.05) is 19.8 Å². The first kappa shape index (κ1) is 28.5. The molecule has 0 saturated carbocycles. The molecule has 1 unspecified atom stereocenters. The summed E-state index contributed by atoms with van der Waals surface area (Å²) in [6.45, 7) is 1.67. The van der Waals surface area contributed by atoms with E-state index in [2.05, 4.69) is 5.32 Å². The van der Waals surface area contributed by atoms with Crippen LogP contribution >= 0.6 is 0 Å². The Bertz CT molecular complexity index is 691. The van der Waals surface area contributed by atoms with Gasteiger partial charge in [-0.1, -0.05) is 6.92 Å². The van der Waals surface area contributed by atoms with Gasteiger partial charge in [0.15, 0.2) is 6.29 Å². The third-order valence-corrected chi connectivity index (χ3v) is 5.04. The molecule has 0 bridgehead atoms. The smallest absolute Gasteiger partial charge is 0.394 e. The van der Waals surface area contributed by atoms with Gasteiger partial charge >= 0.3 is 17.1 Å². The van der Waals surface area contributed by atoms with Crippen LogP contribution in [0.1, 0.15) is 18.9 Å². The summed E-state index contributed by atoms with van der Waals surface area (Å²) in [5.74, 6) is -0.668. The Kier molecular flexibility index (Phi) is 13.6. The number of aliphatic hydroxyl groups is 4. The normalized spacial score (nSPS) is 25.7. The molecule has 32 heavy (non-hydrogen) atoms. The molecule has 6 atom stereocenters. The summed E-state index contributed by atoms with van der Waals surface area (Å²) < 4.78 is 10.6. The van der Waals surface area contributed by atoms with Gasteiger partial charge in [-0.05, 0) is 12.8 Å². The fraction of sp³-hybridized carbons (Fsp3) is 0.522. The van der Waals surface area contributed by atoms with Gasteiger partial charge in [-0.2, -0.15) is 35.9 Å². The maximum absolute atomic E-state index is 12.1. The molecule has 1 heterocycles. The second kappa shape index (κ2) is 15.3. The monoisotopic (exact) mass is 491 g/mol. The van der Waals surface area contributed by atoms with Gasteiger partial charge in [0, 0.05) is 6.54 Å². The van der Waals surface area contributed by atoms with Crippen LogP contribution in [-0.2, 0) is 37.8 Å². The van der Waals surface area contributed by atoms with Crippen LogP contribution < -0.4 is 5.32 Å². The fourth-order valence-electron chi connectivity index (χ4n) is 3.10. The molecule has 0 aliphatic carbocycles. The van der Waals surface area contributed by atoms with Crippen molar-refractivity contribution in [3.63, 3.8) is 0 Å². The van der Waals surface area contributed by atoms with Crippen LogP contribution in [-0.4, -0.2) is 76.8 Å². The Balaban J connectivity index is 0.000000750. The van der Waals surface area contributed by atoms with E-state index in [-0.39, 0.29) is 29.6 Å². The summed E-state index contributed by atoms with van der Waals surface area (Å²) in [6, 6.07) is 18.0. The molecule has 0 aromatic heterocycles. The van der Waals surface area contributed by atoms with Crippen LogP contribution in [0.25, 0.3) is 0 Å². The first-order valence-electron chi connectivity index (χ1n) is 10.5. The van der Waals surface area contributed by atoms with Crippen LogP contribution in [0.15, 0.2) is 54.6 Å². The van der Waals surface area contributed by atoms with Gasteiger partial charge < -0.3 is 35.2 Å². The minimum atomic E-state index is -1.49. The van der Waals surface area contributed by atoms with E-state index in [1.54, 1.807) is 6.92 Å². The first-order chi connectivity index (χ1) is 14.9. The van der Waals surface area contributed by atoms with Crippen molar-refractivity contribution in [1.29, 1.82) is 0 Å². The number of aryl methyl sites for hydroxylation is 1. The van der Waals surface area contributed by atoms with Crippen molar-refractivity contribution in [3.05, 3.63) is 60.2 Å². The maximum atomic E-state index is 12.1. The summed E-state index contributed by atoms with van der Waals surface area (Å²) in [4.78, 5) is 12.1. The number of aliphatic hydroxyl groups excluding tert-OH is 4. The van der Waals surface area contributed by atoms with Crippen LogP contribution in [0.3, 0.4) is 0 Å². The van der Waals surface area contributed by atoms with E-state index in [1.165, 1.54) is 5.56 Å². The van der Waals surface area contributed by atoms with Gasteiger partial charge in [-0.15, -0.1) is 0 Å². The predicted molar refractivity (Wildman–Crippen MR) is 114 cm³/mol. The van der Waals surface area contributed by atoms with Crippen molar-refractivity contribution in [2.24, 2.45) is 5.92 Å². The number of ether oxygens (including phenoxy) is 2. The number of hydrogen-bond donors (Lipinski definition) is 5. The van der Waals surface area contributed by atoms with Gasteiger partial charge in [0.05, 0.1) is 19.1 Å². The molecule has 1 aliphatic rings. The van der Waals surface area contributed by atoms with Crippen LogP contribution in [0.2, 0.25) is 0 Å². The average Bonchev–Trinajstić information content (AvgIpc) is 3.51. The van der Waals surface area contributed by atoms with Gasteiger partial charge in [0.25, 0.3) is 0 Å². The second-order valence-electron chi connectivity index (χ2n) is 7.58. The molecule has 1 saturated heterocycles. The zero-order valence-corrected chi connectivity index (χ0v) is 19.2. The van der Waals surface area contributed by atoms with E-state index in [0.29, 0.717) is 6.54 Å². The van der Waals surface area contributed by atoms with Gasteiger partial charge in [0.2, 0.25) is 5.91 Å². The summed E-state index contributed by atoms with van der Waals surface area (Å²) in [5.41, 5.74) is 1.23. The first-order valence-corrected chi connectivity index (χ1v) is 10.5. The summed E-state index contributed by atoms with van der Waals surface area (Å²) in [5, 5.41) is 41.3. The van der Waals surface area contributed by atoms with Crippen LogP contribution in [0.5, 0.6) is 0 Å². The molecule has 0 spiro atoms. The van der Waals surface area contributed by atoms with E-state index >= 15 is 0 Å². The average molecular weight is 491 g/mol. The molecular formula is C23H33FeNO7. The van der Waals surface area contributed by atoms with Gasteiger partial charge in [0.1, 0.15) is 24.4 Å². The van der Waals surface area contributed by atoms with Gasteiger partial charge in [-0.25, -0.2) is 24.3 Å². The predicted octanol–water partition coefficient (Wildman–Crippen LogP) is 0.310. The number of carbonyl (C=O) groups is 1. The molecule has 2 aromatic carbocycles. The van der Waals surface area contributed by atoms with Crippen molar-refractivity contribution in [3.8, 4) is 0 Å². The number of carbonyl (C=O) groups excluding carboxylic acids is 1. The van der Waals surface area contributed by atoms with Crippen molar-refractivity contribution in [2.45, 2.75) is 50.5 Å². The van der Waals surface area contributed by atoms with E-state index in [9.17, 15) is 20.1 Å². The third kappa shape index (κ3) is 9.13. The molecule has 2 aromatic rings. The summed E-state index contributed by atoms with van der Waals surface area (Å²) >= 11 is 0. The Morgan fingerprint density at radius 2 is 1.88 bits per heavy atom. The van der Waals surface area contributed by atoms with E-state index < -0.39 is 43.2 Å². The van der Waals surface area contributed by atoms with Gasteiger partial charge in [-0.3, -0.25) is 4.79 Å². The molecule has 1 aliphatic heterocycles. The van der Waals surface area contributed by atoms with Crippen molar-refractivity contribution >= 4 is 5.91 Å². The van der Waals surface area contributed by atoms with E-state index in [0.717, 1.165) is 12.8 Å². The van der Waals surface area contributed by atoms with Crippen molar-refractivity contribution in [1.82, 2.24) is 5.32 Å². The molecule has 1 fully saturated rings. The molecule has 1 amide bonds. The molecule has 0 radical (unpaired) electrons. The Labute approximate surface area is 199 Å². The number of hydrogen-bond acceptors (Lipinski definition) is 7. The molecular weight excluding hydrogens is 458 g/mol. The molecule has 180 valence electrons. The minimum absolute atomic E-state index is 0. The Morgan fingerprint density at radius 3 is 2.44 bits per heavy atom. The Morgan fingerprint density at radius 1 is 1.16 bits per heavy atom. The number of nitrogens with one attached hydrogen (secondary N) is 1. The minimum Gasteiger partial charge on any atom is -0.394 e. The number of amides is 1. The SMILES string of the molecule is C[C@H](COC1O[C@H](CO)[C@@H](O)[C@H](O)[C@@H]1O)C(=O)NCCCc1ccc[cH-]1.[Fe+2].c1cc[cH-]c1. The molecule has 9 heteroatoms. The van der Waals surface area contributed by atoms with E-state index in [1.807, 2.05) is 54.6 Å². The second-order valence-corrected chi connectivity index (χ2v) is 7.58.